The summed E-state index contributed by atoms with van der Waals surface area (Å²) in [7, 11) is 1.83. The Morgan fingerprint density at radius 3 is 2.76 bits per heavy atom. The highest BCUT2D eigenvalue weighted by Crippen LogP contribution is 2.30. The summed E-state index contributed by atoms with van der Waals surface area (Å²) in [6, 6.07) is 11.9. The van der Waals surface area contributed by atoms with E-state index in [-0.39, 0.29) is 0 Å². The van der Waals surface area contributed by atoms with E-state index in [0.717, 1.165) is 31.0 Å². The van der Waals surface area contributed by atoms with Crippen molar-refractivity contribution in [3.63, 3.8) is 0 Å². The van der Waals surface area contributed by atoms with Gasteiger partial charge in [-0.15, -0.1) is 0 Å². The molecular weight excluding hydrogens is 416 g/mol. The first-order chi connectivity index (χ1) is 16.2. The van der Waals surface area contributed by atoms with Crippen LogP contribution < -0.4 is 14.8 Å². The lowest BCUT2D eigenvalue weighted by Crippen LogP contribution is -2.48. The van der Waals surface area contributed by atoms with Crippen molar-refractivity contribution in [3.8, 4) is 17.4 Å². The molecule has 174 valence electrons. The van der Waals surface area contributed by atoms with Gasteiger partial charge in [0.2, 0.25) is 5.88 Å². The summed E-state index contributed by atoms with van der Waals surface area (Å²) < 4.78 is 13.7. The number of hydrogen-bond donors (Lipinski definition) is 1. The number of rotatable bonds is 7. The van der Waals surface area contributed by atoms with E-state index in [9.17, 15) is 0 Å². The zero-order valence-electron chi connectivity index (χ0n) is 19.5. The predicted molar refractivity (Wildman–Crippen MR) is 129 cm³/mol. The number of nitrogens with one attached hydrogen (secondary N) is 1. The summed E-state index contributed by atoms with van der Waals surface area (Å²) in [6.45, 7) is 7.36. The first-order valence-electron chi connectivity index (χ1n) is 11.5. The van der Waals surface area contributed by atoms with Gasteiger partial charge in [0.25, 0.3) is 0 Å². The van der Waals surface area contributed by atoms with Crippen LogP contribution in [0.4, 0.5) is 0 Å². The molecule has 1 saturated heterocycles. The molecule has 0 aliphatic carbocycles. The van der Waals surface area contributed by atoms with E-state index in [1.165, 1.54) is 0 Å². The number of guanidine groups is 1. The third-order valence-corrected chi connectivity index (χ3v) is 5.95. The van der Waals surface area contributed by atoms with Crippen LogP contribution in [0.15, 0.2) is 66.3 Å². The monoisotopic (exact) mass is 448 g/mol. The number of aliphatic imine (C=N–C) groups is 1. The Bertz CT molecular complexity index is 1040. The van der Waals surface area contributed by atoms with Gasteiger partial charge < -0.3 is 24.3 Å². The standard InChI is InChI=1S/C25H32N6O2/c1-4-32-22-7-5-6-8-23(22)33-24-10-9-20(15-28-24)16-29-25(26-3)30-13-11-19(2)21(17-30)31-14-12-27-18-31/h5-10,12,14-15,18-19,21H,4,11,13,16-17H2,1-3H3,(H,26,29). The second kappa shape index (κ2) is 10.8. The van der Waals surface area contributed by atoms with Crippen molar-refractivity contribution >= 4 is 5.96 Å². The summed E-state index contributed by atoms with van der Waals surface area (Å²) >= 11 is 0. The first kappa shape index (κ1) is 22.6. The Labute approximate surface area is 195 Å². The van der Waals surface area contributed by atoms with E-state index in [2.05, 4.69) is 36.7 Å². The number of benzene rings is 1. The van der Waals surface area contributed by atoms with Gasteiger partial charge in [0, 0.05) is 51.3 Å². The normalized spacial score (nSPS) is 18.8. The minimum Gasteiger partial charge on any atom is -0.490 e. The van der Waals surface area contributed by atoms with Gasteiger partial charge in [-0.2, -0.15) is 0 Å². The Kier molecular flexibility index (Phi) is 7.44. The highest BCUT2D eigenvalue weighted by Gasteiger charge is 2.28. The van der Waals surface area contributed by atoms with Crippen molar-refractivity contribution in [1.82, 2.24) is 24.8 Å². The van der Waals surface area contributed by atoms with Crippen molar-refractivity contribution in [1.29, 1.82) is 0 Å². The number of nitrogens with zero attached hydrogens (tertiary/aromatic N) is 5. The summed E-state index contributed by atoms with van der Waals surface area (Å²) in [5.74, 6) is 3.39. The fourth-order valence-electron chi connectivity index (χ4n) is 4.11. The van der Waals surface area contributed by atoms with Crippen LogP contribution >= 0.6 is 0 Å². The molecule has 1 aromatic carbocycles. The van der Waals surface area contributed by atoms with Crippen LogP contribution in [-0.4, -0.2) is 52.1 Å². The summed E-state index contributed by atoms with van der Waals surface area (Å²) in [5, 5.41) is 3.48. The van der Waals surface area contributed by atoms with Gasteiger partial charge >= 0.3 is 0 Å². The summed E-state index contributed by atoms with van der Waals surface area (Å²) in [5.41, 5.74) is 1.05. The topological polar surface area (TPSA) is 76.8 Å². The molecule has 3 aromatic rings. The molecule has 0 amide bonds. The second-order valence-electron chi connectivity index (χ2n) is 8.18. The molecule has 0 spiro atoms. The molecule has 33 heavy (non-hydrogen) atoms. The smallest absolute Gasteiger partial charge is 0.219 e. The average Bonchev–Trinajstić information content (AvgIpc) is 3.37. The second-order valence-corrected chi connectivity index (χ2v) is 8.18. The number of hydrogen-bond acceptors (Lipinski definition) is 5. The Hall–Kier alpha value is -3.55. The highest BCUT2D eigenvalue weighted by molar-refractivity contribution is 5.80. The van der Waals surface area contributed by atoms with E-state index < -0.39 is 0 Å². The molecule has 1 aliphatic heterocycles. The van der Waals surface area contributed by atoms with Crippen LogP contribution in [-0.2, 0) is 6.54 Å². The van der Waals surface area contributed by atoms with E-state index in [4.69, 9.17) is 9.47 Å². The van der Waals surface area contributed by atoms with Crippen LogP contribution in [0.1, 0.15) is 31.9 Å². The van der Waals surface area contributed by atoms with E-state index in [1.54, 1.807) is 0 Å². The number of imidazole rings is 1. The van der Waals surface area contributed by atoms with Gasteiger partial charge in [-0.05, 0) is 37.0 Å². The SMILES string of the molecule is CCOc1ccccc1Oc1ccc(CNC(=NC)N2CCC(C)C(n3ccnc3)C2)cn1. The van der Waals surface area contributed by atoms with Gasteiger partial charge in [0.15, 0.2) is 17.5 Å². The minimum atomic E-state index is 0.387. The van der Waals surface area contributed by atoms with Gasteiger partial charge in [0.1, 0.15) is 0 Å². The van der Waals surface area contributed by atoms with Crippen LogP contribution in [0, 0.1) is 5.92 Å². The maximum absolute atomic E-state index is 5.92. The zero-order chi connectivity index (χ0) is 23.0. The van der Waals surface area contributed by atoms with Crippen molar-refractivity contribution in [2.75, 3.05) is 26.7 Å². The number of likely N-dealkylation sites (tertiary alicyclic amines) is 1. The van der Waals surface area contributed by atoms with Gasteiger partial charge in [-0.25, -0.2) is 9.97 Å². The Balaban J connectivity index is 1.35. The molecule has 1 fully saturated rings. The number of para-hydroxylation sites is 2. The van der Waals surface area contributed by atoms with Crippen LogP contribution in [0.2, 0.25) is 0 Å². The molecule has 2 atom stereocenters. The molecular formula is C25H32N6O2. The largest absolute Gasteiger partial charge is 0.490 e. The number of aromatic nitrogens is 3. The molecule has 2 unspecified atom stereocenters. The van der Waals surface area contributed by atoms with E-state index >= 15 is 0 Å². The van der Waals surface area contributed by atoms with E-state index in [0.29, 0.717) is 42.5 Å². The zero-order valence-corrected chi connectivity index (χ0v) is 19.5. The summed E-state index contributed by atoms with van der Waals surface area (Å²) in [6.07, 6.45) is 8.73. The van der Waals surface area contributed by atoms with Crippen LogP contribution in [0.3, 0.4) is 0 Å². The average molecular weight is 449 g/mol. The lowest BCUT2D eigenvalue weighted by molar-refractivity contribution is 0.189. The van der Waals surface area contributed by atoms with Crippen LogP contribution in [0.25, 0.3) is 0 Å². The quantitative estimate of drug-likeness (QED) is 0.433. The molecule has 0 saturated carbocycles. The van der Waals surface area contributed by atoms with Gasteiger partial charge in [0.05, 0.1) is 19.0 Å². The lowest BCUT2D eigenvalue weighted by Gasteiger charge is -2.39. The first-order valence-corrected chi connectivity index (χ1v) is 11.5. The molecule has 1 aliphatic rings. The number of ether oxygens (including phenoxy) is 2. The molecule has 3 heterocycles. The Morgan fingerprint density at radius 1 is 1.21 bits per heavy atom. The molecule has 0 radical (unpaired) electrons. The maximum atomic E-state index is 5.92. The molecule has 2 aromatic heterocycles. The summed E-state index contributed by atoms with van der Waals surface area (Å²) in [4.78, 5) is 15.5. The fourth-order valence-corrected chi connectivity index (χ4v) is 4.11. The van der Waals surface area contributed by atoms with E-state index in [1.807, 2.05) is 75.3 Å². The number of piperidine rings is 1. The van der Waals surface area contributed by atoms with Crippen molar-refractivity contribution < 1.29 is 9.47 Å². The van der Waals surface area contributed by atoms with Crippen molar-refractivity contribution in [2.24, 2.45) is 10.9 Å². The minimum absolute atomic E-state index is 0.387. The van der Waals surface area contributed by atoms with Crippen LogP contribution in [0.5, 0.6) is 17.4 Å². The van der Waals surface area contributed by atoms with Crippen molar-refractivity contribution in [3.05, 3.63) is 66.9 Å². The molecule has 8 heteroatoms. The number of pyridine rings is 1. The molecule has 8 nitrogen and oxygen atoms in total. The third-order valence-electron chi connectivity index (χ3n) is 5.95. The Morgan fingerprint density at radius 2 is 2.06 bits per heavy atom. The maximum Gasteiger partial charge on any atom is 0.219 e. The highest BCUT2D eigenvalue weighted by atomic mass is 16.5. The lowest BCUT2D eigenvalue weighted by atomic mass is 9.93. The van der Waals surface area contributed by atoms with Gasteiger partial charge in [-0.1, -0.05) is 25.1 Å². The predicted octanol–water partition coefficient (Wildman–Crippen LogP) is 4.13. The fraction of sp³-hybridized carbons (Fsp3) is 0.400. The molecule has 0 bridgehead atoms. The van der Waals surface area contributed by atoms with Gasteiger partial charge in [-0.3, -0.25) is 4.99 Å². The third kappa shape index (κ3) is 5.63. The molecule has 1 N–H and O–H groups in total. The van der Waals surface area contributed by atoms with Crippen molar-refractivity contribution in [2.45, 2.75) is 32.9 Å². The molecule has 4 rings (SSSR count).